The zero-order valence-corrected chi connectivity index (χ0v) is 19.0. The molecule has 0 atom stereocenters. The van der Waals surface area contributed by atoms with Crippen molar-refractivity contribution < 1.29 is 22.7 Å². The van der Waals surface area contributed by atoms with E-state index >= 15 is 0 Å². The van der Waals surface area contributed by atoms with Crippen LogP contribution in [0, 0.1) is 13.8 Å². The van der Waals surface area contributed by atoms with E-state index in [0.29, 0.717) is 35.9 Å². The third kappa shape index (κ3) is 6.09. The molecule has 0 radical (unpaired) electrons. The highest BCUT2D eigenvalue weighted by Gasteiger charge is 2.15. The maximum absolute atomic E-state index is 12.7. The molecule has 3 aromatic rings. The van der Waals surface area contributed by atoms with Crippen molar-refractivity contribution in [1.29, 1.82) is 0 Å². The lowest BCUT2D eigenvalue weighted by Crippen LogP contribution is -2.14. The number of hydrogen-bond donors (Lipinski definition) is 2. The van der Waals surface area contributed by atoms with Crippen LogP contribution in [0.2, 0.25) is 0 Å². The van der Waals surface area contributed by atoms with Crippen LogP contribution in [0.3, 0.4) is 0 Å². The van der Waals surface area contributed by atoms with Crippen LogP contribution in [-0.2, 0) is 14.8 Å². The number of nitrogens with one attached hydrogen (secondary N) is 2. The van der Waals surface area contributed by atoms with Gasteiger partial charge in [-0.15, -0.1) is 0 Å². The highest BCUT2D eigenvalue weighted by Crippen LogP contribution is 2.21. The average Bonchev–Trinajstić information content (AvgIpc) is 2.77. The maximum atomic E-state index is 12.7. The Hall–Kier alpha value is -3.36. The molecule has 7 nitrogen and oxygen atoms in total. The van der Waals surface area contributed by atoms with Gasteiger partial charge in [0.2, 0.25) is 0 Å². The van der Waals surface area contributed by atoms with Gasteiger partial charge in [-0.1, -0.05) is 6.07 Å². The van der Waals surface area contributed by atoms with Crippen molar-refractivity contribution >= 4 is 27.3 Å². The number of hydrogen-bond acceptors (Lipinski definition) is 5. The standard InChI is InChI=1S/C24H26N2O5S/c1-17-4-7-21(16-18(17)2)26-32(28,29)23-12-8-20(9-13-23)25-24(27)19-5-10-22(11-6-19)31-15-14-30-3/h4-13,16,26H,14-15H2,1-3H3,(H,25,27). The summed E-state index contributed by atoms with van der Waals surface area (Å²) >= 11 is 0. The van der Waals surface area contributed by atoms with Crippen molar-refractivity contribution in [2.75, 3.05) is 30.4 Å². The Balaban J connectivity index is 1.63. The van der Waals surface area contributed by atoms with Crippen LogP contribution in [0.15, 0.2) is 71.6 Å². The minimum Gasteiger partial charge on any atom is -0.491 e. The number of sulfonamides is 1. The van der Waals surface area contributed by atoms with Gasteiger partial charge in [-0.25, -0.2) is 8.42 Å². The molecular formula is C24H26N2O5S. The number of rotatable bonds is 9. The predicted octanol–water partition coefficient (Wildman–Crippen LogP) is 4.38. The second-order valence-corrected chi connectivity index (χ2v) is 8.93. The number of methoxy groups -OCH3 is 1. The van der Waals surface area contributed by atoms with Gasteiger partial charge in [0.25, 0.3) is 15.9 Å². The Kier molecular flexibility index (Phi) is 7.50. The van der Waals surface area contributed by atoms with Crippen molar-refractivity contribution in [3.8, 4) is 5.75 Å². The number of amides is 1. The van der Waals surface area contributed by atoms with E-state index in [4.69, 9.17) is 9.47 Å². The highest BCUT2D eigenvalue weighted by atomic mass is 32.2. The number of anilines is 2. The fourth-order valence-corrected chi connectivity index (χ4v) is 3.93. The van der Waals surface area contributed by atoms with Crippen LogP contribution in [-0.4, -0.2) is 34.6 Å². The molecule has 0 aromatic heterocycles. The van der Waals surface area contributed by atoms with Crippen LogP contribution < -0.4 is 14.8 Å². The molecular weight excluding hydrogens is 428 g/mol. The topological polar surface area (TPSA) is 93.7 Å². The van der Waals surface area contributed by atoms with E-state index in [-0.39, 0.29) is 10.8 Å². The quantitative estimate of drug-likeness (QED) is 0.468. The molecule has 3 rings (SSSR count). The van der Waals surface area contributed by atoms with E-state index < -0.39 is 10.0 Å². The molecule has 0 unspecified atom stereocenters. The molecule has 0 saturated heterocycles. The average molecular weight is 455 g/mol. The summed E-state index contributed by atoms with van der Waals surface area (Å²) in [5.41, 5.74) is 3.53. The smallest absolute Gasteiger partial charge is 0.261 e. The van der Waals surface area contributed by atoms with E-state index in [1.807, 2.05) is 19.9 Å². The number of ether oxygens (including phenoxy) is 2. The molecule has 168 valence electrons. The third-order valence-electron chi connectivity index (χ3n) is 4.85. The predicted molar refractivity (Wildman–Crippen MR) is 125 cm³/mol. The summed E-state index contributed by atoms with van der Waals surface area (Å²) < 4.78 is 38.3. The first-order valence-electron chi connectivity index (χ1n) is 10.0. The molecule has 0 spiro atoms. The van der Waals surface area contributed by atoms with E-state index in [9.17, 15) is 13.2 Å². The van der Waals surface area contributed by atoms with Gasteiger partial charge < -0.3 is 14.8 Å². The largest absolute Gasteiger partial charge is 0.491 e. The lowest BCUT2D eigenvalue weighted by Gasteiger charge is -2.11. The zero-order chi connectivity index (χ0) is 23.1. The molecule has 32 heavy (non-hydrogen) atoms. The monoisotopic (exact) mass is 454 g/mol. The number of carbonyl (C=O) groups is 1. The third-order valence-corrected chi connectivity index (χ3v) is 6.25. The zero-order valence-electron chi connectivity index (χ0n) is 18.2. The van der Waals surface area contributed by atoms with Crippen molar-refractivity contribution in [2.45, 2.75) is 18.7 Å². The lowest BCUT2D eigenvalue weighted by molar-refractivity contribution is 0.102. The van der Waals surface area contributed by atoms with Crippen molar-refractivity contribution in [2.24, 2.45) is 0 Å². The van der Waals surface area contributed by atoms with Gasteiger partial charge >= 0.3 is 0 Å². The van der Waals surface area contributed by atoms with Gasteiger partial charge in [0, 0.05) is 24.0 Å². The Bertz CT molecular complexity index is 1170. The minimum absolute atomic E-state index is 0.103. The number of carbonyl (C=O) groups excluding carboxylic acids is 1. The molecule has 0 aliphatic heterocycles. The number of aryl methyl sites for hydroxylation is 2. The Morgan fingerprint density at radius 1 is 0.844 bits per heavy atom. The van der Waals surface area contributed by atoms with Gasteiger partial charge in [0.15, 0.2) is 0 Å². The molecule has 3 aromatic carbocycles. The highest BCUT2D eigenvalue weighted by molar-refractivity contribution is 7.92. The Morgan fingerprint density at radius 3 is 2.12 bits per heavy atom. The van der Waals surface area contributed by atoms with Crippen molar-refractivity contribution in [3.05, 3.63) is 83.4 Å². The fourth-order valence-electron chi connectivity index (χ4n) is 2.89. The van der Waals surface area contributed by atoms with Crippen molar-refractivity contribution in [3.63, 3.8) is 0 Å². The summed E-state index contributed by atoms with van der Waals surface area (Å²) in [5.74, 6) is 0.335. The first-order valence-corrected chi connectivity index (χ1v) is 11.5. The van der Waals surface area contributed by atoms with Gasteiger partial charge in [-0.3, -0.25) is 9.52 Å². The molecule has 0 fully saturated rings. The maximum Gasteiger partial charge on any atom is 0.261 e. The van der Waals surface area contributed by atoms with Crippen LogP contribution >= 0.6 is 0 Å². The fraction of sp³-hybridized carbons (Fsp3) is 0.208. The second kappa shape index (κ2) is 10.3. The van der Waals surface area contributed by atoms with Gasteiger partial charge in [-0.05, 0) is 85.6 Å². The van der Waals surface area contributed by atoms with E-state index in [2.05, 4.69) is 10.0 Å². The summed E-state index contributed by atoms with van der Waals surface area (Å²) in [6, 6.07) is 18.1. The molecule has 8 heteroatoms. The summed E-state index contributed by atoms with van der Waals surface area (Å²) in [4.78, 5) is 12.6. The van der Waals surface area contributed by atoms with Crippen LogP contribution in [0.25, 0.3) is 0 Å². The van der Waals surface area contributed by atoms with E-state index in [1.54, 1.807) is 55.6 Å². The van der Waals surface area contributed by atoms with Crippen LogP contribution in [0.1, 0.15) is 21.5 Å². The summed E-state index contributed by atoms with van der Waals surface area (Å²) in [7, 11) is -2.14. The lowest BCUT2D eigenvalue weighted by atomic mass is 10.1. The van der Waals surface area contributed by atoms with E-state index in [0.717, 1.165) is 11.1 Å². The van der Waals surface area contributed by atoms with Gasteiger partial charge in [-0.2, -0.15) is 0 Å². The van der Waals surface area contributed by atoms with Gasteiger partial charge in [0.1, 0.15) is 12.4 Å². The molecule has 0 saturated carbocycles. The summed E-state index contributed by atoms with van der Waals surface area (Å²) in [6.45, 7) is 4.79. The Labute approximate surface area is 188 Å². The Morgan fingerprint density at radius 2 is 1.50 bits per heavy atom. The normalized spacial score (nSPS) is 11.1. The SMILES string of the molecule is COCCOc1ccc(C(=O)Nc2ccc(S(=O)(=O)Nc3ccc(C)c(C)c3)cc2)cc1. The number of benzene rings is 3. The van der Waals surface area contributed by atoms with Gasteiger partial charge in [0.05, 0.1) is 11.5 Å². The molecule has 0 bridgehead atoms. The first-order chi connectivity index (χ1) is 15.3. The molecule has 0 aliphatic carbocycles. The minimum atomic E-state index is -3.74. The molecule has 0 aliphatic rings. The molecule has 1 amide bonds. The molecule has 0 heterocycles. The van der Waals surface area contributed by atoms with Crippen molar-refractivity contribution in [1.82, 2.24) is 0 Å². The van der Waals surface area contributed by atoms with Crippen LogP contribution in [0.5, 0.6) is 5.75 Å². The first kappa shape index (κ1) is 23.3. The summed E-state index contributed by atoms with van der Waals surface area (Å²) in [6.07, 6.45) is 0. The van der Waals surface area contributed by atoms with Crippen LogP contribution in [0.4, 0.5) is 11.4 Å². The summed E-state index contributed by atoms with van der Waals surface area (Å²) in [5, 5.41) is 2.76. The molecule has 2 N–H and O–H groups in total. The second-order valence-electron chi connectivity index (χ2n) is 7.25. The van der Waals surface area contributed by atoms with E-state index in [1.165, 1.54) is 12.1 Å².